The molecule has 0 aromatic carbocycles. The average molecular weight is 255 g/mol. The van der Waals surface area contributed by atoms with Crippen LogP contribution >= 0.6 is 0 Å². The maximum absolute atomic E-state index is 5.02. The van der Waals surface area contributed by atoms with Crippen LogP contribution in [0.25, 0.3) is 0 Å². The third kappa shape index (κ3) is 4.34. The molecule has 1 aromatic heterocycles. The summed E-state index contributed by atoms with van der Waals surface area (Å²) in [6, 6.07) is 0.143. The van der Waals surface area contributed by atoms with Crippen LogP contribution in [-0.2, 0) is 11.3 Å². The molecule has 0 amide bonds. The zero-order chi connectivity index (χ0) is 13.4. The van der Waals surface area contributed by atoms with Crippen molar-refractivity contribution in [1.82, 2.24) is 25.5 Å². The Balaban J connectivity index is 2.57. The van der Waals surface area contributed by atoms with Gasteiger partial charge < -0.3 is 10.1 Å². The topological polar surface area (TPSA) is 64.9 Å². The van der Waals surface area contributed by atoms with Gasteiger partial charge in [-0.05, 0) is 23.3 Å². The SMILES string of the molecule is CCC(CC)Cn1nnnc1C(C)NCCOC. The lowest BCUT2D eigenvalue weighted by Gasteiger charge is -2.16. The first-order chi connectivity index (χ1) is 8.72. The highest BCUT2D eigenvalue weighted by atomic mass is 16.5. The van der Waals surface area contributed by atoms with E-state index >= 15 is 0 Å². The summed E-state index contributed by atoms with van der Waals surface area (Å²) in [6.07, 6.45) is 2.31. The highest BCUT2D eigenvalue weighted by molar-refractivity contribution is 4.89. The molecule has 0 radical (unpaired) electrons. The van der Waals surface area contributed by atoms with Crippen molar-refractivity contribution in [1.29, 1.82) is 0 Å². The van der Waals surface area contributed by atoms with Crippen molar-refractivity contribution >= 4 is 0 Å². The molecule has 1 atom stereocenters. The molecule has 0 bridgehead atoms. The van der Waals surface area contributed by atoms with Crippen LogP contribution in [0.2, 0.25) is 0 Å². The van der Waals surface area contributed by atoms with E-state index in [0.717, 1.165) is 31.8 Å². The van der Waals surface area contributed by atoms with Crippen molar-refractivity contribution < 1.29 is 4.74 Å². The molecule has 0 aliphatic rings. The summed E-state index contributed by atoms with van der Waals surface area (Å²) in [5, 5.41) is 15.3. The average Bonchev–Trinajstić information content (AvgIpc) is 2.84. The predicted octanol–water partition coefficient (Wildman–Crippen LogP) is 1.41. The number of methoxy groups -OCH3 is 1. The zero-order valence-corrected chi connectivity index (χ0v) is 11.9. The Morgan fingerprint density at radius 2 is 2.06 bits per heavy atom. The van der Waals surface area contributed by atoms with Crippen LogP contribution < -0.4 is 5.32 Å². The Labute approximate surface area is 109 Å². The molecule has 0 spiro atoms. The van der Waals surface area contributed by atoms with E-state index in [0.29, 0.717) is 12.5 Å². The molecule has 1 aromatic rings. The minimum atomic E-state index is 0.143. The van der Waals surface area contributed by atoms with Gasteiger partial charge in [0.25, 0.3) is 0 Å². The van der Waals surface area contributed by atoms with Gasteiger partial charge in [0.05, 0.1) is 12.6 Å². The van der Waals surface area contributed by atoms with Gasteiger partial charge in [0.15, 0.2) is 5.82 Å². The fourth-order valence-electron chi connectivity index (χ4n) is 1.91. The number of nitrogens with one attached hydrogen (secondary N) is 1. The molecule has 18 heavy (non-hydrogen) atoms. The monoisotopic (exact) mass is 255 g/mol. The van der Waals surface area contributed by atoms with Gasteiger partial charge in [-0.3, -0.25) is 0 Å². The Morgan fingerprint density at radius 3 is 2.67 bits per heavy atom. The van der Waals surface area contributed by atoms with Crippen molar-refractivity contribution in [3.63, 3.8) is 0 Å². The van der Waals surface area contributed by atoms with Gasteiger partial charge in [-0.15, -0.1) is 5.10 Å². The standard InChI is InChI=1S/C12H25N5O/c1-5-11(6-2)9-17-12(14-15-16-17)10(3)13-7-8-18-4/h10-11,13H,5-9H2,1-4H3. The third-order valence-corrected chi connectivity index (χ3v) is 3.29. The molecule has 6 nitrogen and oxygen atoms in total. The summed E-state index contributed by atoms with van der Waals surface area (Å²) in [5.41, 5.74) is 0. The summed E-state index contributed by atoms with van der Waals surface area (Å²) in [7, 11) is 1.70. The van der Waals surface area contributed by atoms with Crippen LogP contribution in [0.15, 0.2) is 0 Å². The number of hydrogen-bond acceptors (Lipinski definition) is 5. The van der Waals surface area contributed by atoms with Crippen LogP contribution in [0.3, 0.4) is 0 Å². The first-order valence-electron chi connectivity index (χ1n) is 6.71. The number of nitrogens with zero attached hydrogens (tertiary/aromatic N) is 4. The van der Waals surface area contributed by atoms with E-state index < -0.39 is 0 Å². The third-order valence-electron chi connectivity index (χ3n) is 3.29. The van der Waals surface area contributed by atoms with E-state index in [-0.39, 0.29) is 6.04 Å². The Morgan fingerprint density at radius 1 is 1.33 bits per heavy atom. The summed E-state index contributed by atoms with van der Waals surface area (Å²) in [6.45, 7) is 8.88. The van der Waals surface area contributed by atoms with Gasteiger partial charge in [0.1, 0.15) is 0 Å². The second kappa shape index (κ2) is 8.16. The van der Waals surface area contributed by atoms with Crippen LogP contribution in [-0.4, -0.2) is 40.5 Å². The van der Waals surface area contributed by atoms with Crippen molar-refractivity contribution in [3.05, 3.63) is 5.82 Å². The number of rotatable bonds is 9. The molecule has 6 heteroatoms. The van der Waals surface area contributed by atoms with Gasteiger partial charge in [-0.1, -0.05) is 26.7 Å². The molecule has 0 fully saturated rings. The molecule has 104 valence electrons. The Hall–Kier alpha value is -1.01. The van der Waals surface area contributed by atoms with Gasteiger partial charge in [-0.25, -0.2) is 4.68 Å². The number of tetrazole rings is 1. The summed E-state index contributed by atoms with van der Waals surface area (Å²) in [5.74, 6) is 1.54. The smallest absolute Gasteiger partial charge is 0.167 e. The number of aromatic nitrogens is 4. The fraction of sp³-hybridized carbons (Fsp3) is 0.917. The van der Waals surface area contributed by atoms with Crippen molar-refractivity contribution in [2.45, 2.75) is 46.2 Å². The van der Waals surface area contributed by atoms with Gasteiger partial charge in [0.2, 0.25) is 0 Å². The van der Waals surface area contributed by atoms with E-state index in [4.69, 9.17) is 4.74 Å². The second-order valence-corrected chi connectivity index (χ2v) is 4.57. The van der Waals surface area contributed by atoms with E-state index in [2.05, 4.69) is 41.6 Å². The lowest BCUT2D eigenvalue weighted by Crippen LogP contribution is -2.26. The minimum Gasteiger partial charge on any atom is -0.383 e. The maximum atomic E-state index is 5.02. The van der Waals surface area contributed by atoms with Gasteiger partial charge >= 0.3 is 0 Å². The molecule has 1 N–H and O–H groups in total. The molecule has 0 saturated carbocycles. The first kappa shape index (κ1) is 15.0. The molecular formula is C12H25N5O. The molecule has 1 rings (SSSR count). The summed E-state index contributed by atoms with van der Waals surface area (Å²) < 4.78 is 6.94. The largest absolute Gasteiger partial charge is 0.383 e. The zero-order valence-electron chi connectivity index (χ0n) is 11.9. The number of hydrogen-bond donors (Lipinski definition) is 1. The highest BCUT2D eigenvalue weighted by Gasteiger charge is 2.16. The lowest BCUT2D eigenvalue weighted by atomic mass is 10.0. The van der Waals surface area contributed by atoms with Crippen molar-refractivity contribution in [3.8, 4) is 0 Å². The fourth-order valence-corrected chi connectivity index (χ4v) is 1.91. The second-order valence-electron chi connectivity index (χ2n) is 4.57. The highest BCUT2D eigenvalue weighted by Crippen LogP contribution is 2.13. The lowest BCUT2D eigenvalue weighted by molar-refractivity contribution is 0.195. The molecule has 0 aliphatic heterocycles. The van der Waals surface area contributed by atoms with Crippen LogP contribution in [0.4, 0.5) is 0 Å². The Kier molecular flexibility index (Phi) is 6.82. The van der Waals surface area contributed by atoms with Crippen LogP contribution in [0, 0.1) is 5.92 Å². The van der Waals surface area contributed by atoms with E-state index in [1.807, 2.05) is 4.68 Å². The van der Waals surface area contributed by atoms with E-state index in [9.17, 15) is 0 Å². The van der Waals surface area contributed by atoms with E-state index in [1.165, 1.54) is 0 Å². The minimum absolute atomic E-state index is 0.143. The van der Waals surface area contributed by atoms with Gasteiger partial charge in [0, 0.05) is 20.2 Å². The molecule has 0 aliphatic carbocycles. The first-order valence-corrected chi connectivity index (χ1v) is 6.71. The van der Waals surface area contributed by atoms with Crippen molar-refractivity contribution in [2.24, 2.45) is 5.92 Å². The van der Waals surface area contributed by atoms with E-state index in [1.54, 1.807) is 7.11 Å². The molecular weight excluding hydrogens is 230 g/mol. The quantitative estimate of drug-likeness (QED) is 0.676. The normalized spacial score (nSPS) is 13.2. The summed E-state index contributed by atoms with van der Waals surface area (Å²) >= 11 is 0. The van der Waals surface area contributed by atoms with Crippen LogP contribution in [0.1, 0.15) is 45.5 Å². The van der Waals surface area contributed by atoms with Crippen LogP contribution in [0.5, 0.6) is 0 Å². The number of ether oxygens (including phenoxy) is 1. The predicted molar refractivity (Wildman–Crippen MR) is 70.2 cm³/mol. The Bertz CT molecular complexity index is 324. The van der Waals surface area contributed by atoms with Crippen molar-refractivity contribution in [2.75, 3.05) is 20.3 Å². The summed E-state index contributed by atoms with van der Waals surface area (Å²) in [4.78, 5) is 0. The maximum Gasteiger partial charge on any atom is 0.167 e. The molecule has 1 unspecified atom stereocenters. The molecule has 0 saturated heterocycles. The molecule has 1 heterocycles. The van der Waals surface area contributed by atoms with Gasteiger partial charge in [-0.2, -0.15) is 0 Å².